The number of aromatic nitrogens is 2. The van der Waals surface area contributed by atoms with Crippen molar-refractivity contribution in [1.29, 1.82) is 0 Å². The van der Waals surface area contributed by atoms with E-state index in [1.807, 2.05) is 6.92 Å². The van der Waals surface area contributed by atoms with E-state index in [-0.39, 0.29) is 10.6 Å². The van der Waals surface area contributed by atoms with E-state index in [2.05, 4.69) is 10.4 Å². The number of nitrogens with one attached hydrogen (secondary N) is 1. The highest BCUT2D eigenvalue weighted by Crippen LogP contribution is 2.24. The van der Waals surface area contributed by atoms with Crippen molar-refractivity contribution in [2.75, 3.05) is 29.9 Å². The van der Waals surface area contributed by atoms with Crippen LogP contribution in [0.2, 0.25) is 5.02 Å². The summed E-state index contributed by atoms with van der Waals surface area (Å²) in [6, 6.07) is 5.12. The summed E-state index contributed by atoms with van der Waals surface area (Å²) in [5.41, 5.74) is 1.40. The van der Waals surface area contributed by atoms with Crippen molar-refractivity contribution < 1.29 is 13.2 Å². The van der Waals surface area contributed by atoms with E-state index in [1.54, 1.807) is 37.0 Å². The molecule has 1 aliphatic heterocycles. The van der Waals surface area contributed by atoms with Crippen molar-refractivity contribution in [3.05, 3.63) is 40.5 Å². The number of halogens is 1. The molecule has 1 aromatic carbocycles. The summed E-state index contributed by atoms with van der Waals surface area (Å²) in [7, 11) is -2.23. The molecule has 1 aliphatic rings. The molecule has 2 heterocycles. The molecule has 2 aromatic rings. The second-order valence-corrected chi connectivity index (χ2v) is 9.44. The number of rotatable bonds is 4. The van der Waals surface area contributed by atoms with Gasteiger partial charge in [0.15, 0.2) is 0 Å². The normalized spacial score (nSPS) is 15.8. The molecular formula is C16H19ClN4O3S2. The van der Waals surface area contributed by atoms with Crippen LogP contribution < -0.4 is 5.32 Å². The Balaban J connectivity index is 1.90. The summed E-state index contributed by atoms with van der Waals surface area (Å²) in [5.74, 6) is 0.924. The molecule has 0 aliphatic carbocycles. The highest BCUT2D eigenvalue weighted by atomic mass is 35.5. The van der Waals surface area contributed by atoms with Gasteiger partial charge in [-0.2, -0.15) is 21.2 Å². The van der Waals surface area contributed by atoms with Gasteiger partial charge in [0.2, 0.25) is 5.03 Å². The van der Waals surface area contributed by atoms with Gasteiger partial charge >= 0.3 is 0 Å². The van der Waals surface area contributed by atoms with Crippen LogP contribution >= 0.6 is 23.4 Å². The van der Waals surface area contributed by atoms with Crippen LogP contribution in [0.3, 0.4) is 0 Å². The van der Waals surface area contributed by atoms with Crippen LogP contribution in [0.4, 0.5) is 5.69 Å². The highest BCUT2D eigenvalue weighted by molar-refractivity contribution is 7.99. The average Bonchev–Trinajstić information content (AvgIpc) is 3.02. The van der Waals surface area contributed by atoms with Crippen molar-refractivity contribution in [3.63, 3.8) is 0 Å². The Hall–Kier alpha value is -1.55. The molecule has 0 radical (unpaired) electrons. The van der Waals surface area contributed by atoms with Crippen molar-refractivity contribution in [2.45, 2.75) is 11.9 Å². The largest absolute Gasteiger partial charge is 0.322 e. The zero-order valence-electron chi connectivity index (χ0n) is 14.4. The number of carbonyl (C=O) groups is 1. The number of amides is 1. The number of anilines is 1. The third-order valence-corrected chi connectivity index (χ3v) is 7.21. The number of hydrogen-bond acceptors (Lipinski definition) is 5. The zero-order valence-corrected chi connectivity index (χ0v) is 16.8. The molecule has 1 saturated heterocycles. The minimum absolute atomic E-state index is 0.0161. The van der Waals surface area contributed by atoms with Gasteiger partial charge in [-0.15, -0.1) is 0 Å². The van der Waals surface area contributed by atoms with E-state index < -0.39 is 15.9 Å². The Bertz CT molecular complexity index is 937. The molecule has 0 atom stereocenters. The fourth-order valence-corrected chi connectivity index (χ4v) is 5.47. The van der Waals surface area contributed by atoms with Gasteiger partial charge in [-0.3, -0.25) is 9.48 Å². The second kappa shape index (κ2) is 7.59. The average molecular weight is 415 g/mol. The lowest BCUT2D eigenvalue weighted by atomic mass is 10.2. The van der Waals surface area contributed by atoms with Crippen LogP contribution in [0.15, 0.2) is 29.4 Å². The van der Waals surface area contributed by atoms with Gasteiger partial charge in [-0.25, -0.2) is 8.42 Å². The molecular weight excluding hydrogens is 396 g/mol. The van der Waals surface area contributed by atoms with Gasteiger partial charge in [-0.1, -0.05) is 17.7 Å². The third-order valence-electron chi connectivity index (χ3n) is 4.02. The summed E-state index contributed by atoms with van der Waals surface area (Å²) in [6.45, 7) is 2.69. The molecule has 3 rings (SSSR count). The lowest BCUT2D eigenvalue weighted by Gasteiger charge is -2.24. The molecule has 1 amide bonds. The van der Waals surface area contributed by atoms with Crippen LogP contribution in [0, 0.1) is 6.92 Å². The van der Waals surface area contributed by atoms with Crippen molar-refractivity contribution in [2.24, 2.45) is 7.05 Å². The molecule has 1 aromatic heterocycles. The number of aryl methyl sites for hydroxylation is 2. The predicted molar refractivity (Wildman–Crippen MR) is 103 cm³/mol. The maximum Gasteiger partial charge on any atom is 0.263 e. The number of sulfonamides is 1. The van der Waals surface area contributed by atoms with Crippen LogP contribution in [-0.2, 0) is 17.1 Å². The SMILES string of the molecule is Cc1ccc(NC(=O)c2cn(C)nc2S(=O)(=O)N2CCSCC2)cc1Cl. The van der Waals surface area contributed by atoms with E-state index in [0.29, 0.717) is 23.8 Å². The fourth-order valence-electron chi connectivity index (χ4n) is 2.59. The van der Waals surface area contributed by atoms with Crippen LogP contribution in [0.25, 0.3) is 0 Å². The first-order valence-electron chi connectivity index (χ1n) is 7.98. The number of nitrogens with zero attached hydrogens (tertiary/aromatic N) is 3. The van der Waals surface area contributed by atoms with Crippen molar-refractivity contribution >= 4 is 45.0 Å². The predicted octanol–water partition coefficient (Wildman–Crippen LogP) is 2.37. The minimum Gasteiger partial charge on any atom is -0.322 e. The number of carbonyl (C=O) groups excluding carboxylic acids is 1. The Morgan fingerprint density at radius 2 is 2.00 bits per heavy atom. The highest BCUT2D eigenvalue weighted by Gasteiger charge is 2.33. The van der Waals surface area contributed by atoms with Gasteiger partial charge in [0, 0.05) is 48.5 Å². The summed E-state index contributed by atoms with van der Waals surface area (Å²) in [4.78, 5) is 12.7. The Morgan fingerprint density at radius 1 is 1.31 bits per heavy atom. The summed E-state index contributed by atoms with van der Waals surface area (Å²) in [5, 5.41) is 7.04. The first-order valence-corrected chi connectivity index (χ1v) is 11.0. The molecule has 26 heavy (non-hydrogen) atoms. The molecule has 0 spiro atoms. The second-order valence-electron chi connectivity index (χ2n) is 5.96. The standard InChI is InChI=1S/C16H19ClN4O3S2/c1-11-3-4-12(9-14(11)17)18-15(22)13-10-20(2)19-16(13)26(23,24)21-5-7-25-8-6-21/h3-4,9-10H,5-8H2,1-2H3,(H,18,22). The Morgan fingerprint density at radius 3 is 2.65 bits per heavy atom. The van der Waals surface area contributed by atoms with E-state index in [9.17, 15) is 13.2 Å². The van der Waals surface area contributed by atoms with E-state index in [1.165, 1.54) is 15.2 Å². The lowest BCUT2D eigenvalue weighted by molar-refractivity contribution is 0.102. The van der Waals surface area contributed by atoms with Gasteiger partial charge in [0.1, 0.15) is 0 Å². The quantitative estimate of drug-likeness (QED) is 0.830. The first-order chi connectivity index (χ1) is 12.3. The minimum atomic E-state index is -3.82. The molecule has 1 N–H and O–H groups in total. The first kappa shape index (κ1) is 19.2. The molecule has 0 saturated carbocycles. The van der Waals surface area contributed by atoms with E-state index in [4.69, 9.17) is 11.6 Å². The number of hydrogen-bond donors (Lipinski definition) is 1. The number of thioether (sulfide) groups is 1. The maximum atomic E-state index is 12.9. The zero-order chi connectivity index (χ0) is 18.9. The lowest BCUT2D eigenvalue weighted by Crippen LogP contribution is -2.38. The number of benzene rings is 1. The van der Waals surface area contributed by atoms with Gasteiger partial charge in [0.25, 0.3) is 15.9 Å². The topological polar surface area (TPSA) is 84.3 Å². The van der Waals surface area contributed by atoms with Crippen LogP contribution in [0.5, 0.6) is 0 Å². The van der Waals surface area contributed by atoms with Crippen LogP contribution in [-0.4, -0.2) is 53.0 Å². The summed E-state index contributed by atoms with van der Waals surface area (Å²) >= 11 is 7.79. The molecule has 1 fully saturated rings. The molecule has 10 heteroatoms. The van der Waals surface area contributed by atoms with Gasteiger partial charge < -0.3 is 5.32 Å². The van der Waals surface area contributed by atoms with Crippen LogP contribution in [0.1, 0.15) is 15.9 Å². The monoisotopic (exact) mass is 414 g/mol. The Labute approximate surface area is 161 Å². The van der Waals surface area contributed by atoms with E-state index in [0.717, 1.165) is 17.1 Å². The van der Waals surface area contributed by atoms with Gasteiger partial charge in [-0.05, 0) is 24.6 Å². The Kier molecular flexibility index (Phi) is 5.61. The molecule has 0 bridgehead atoms. The summed E-state index contributed by atoms with van der Waals surface area (Å²) in [6.07, 6.45) is 1.41. The van der Waals surface area contributed by atoms with Gasteiger partial charge in [0.05, 0.1) is 5.56 Å². The fraction of sp³-hybridized carbons (Fsp3) is 0.375. The smallest absolute Gasteiger partial charge is 0.263 e. The van der Waals surface area contributed by atoms with E-state index >= 15 is 0 Å². The van der Waals surface area contributed by atoms with Crippen molar-refractivity contribution in [3.8, 4) is 0 Å². The van der Waals surface area contributed by atoms with Crippen molar-refractivity contribution in [1.82, 2.24) is 14.1 Å². The molecule has 0 unspecified atom stereocenters. The molecule has 7 nitrogen and oxygen atoms in total. The molecule has 140 valence electrons. The maximum absolute atomic E-state index is 12.9. The third kappa shape index (κ3) is 3.90. The summed E-state index contributed by atoms with van der Waals surface area (Å²) < 4.78 is 28.5.